The molecule has 3 saturated carbocycles. The molecule has 2 nitrogen and oxygen atoms in total. The van der Waals surface area contributed by atoms with E-state index in [1.54, 1.807) is 0 Å². The lowest BCUT2D eigenvalue weighted by Crippen LogP contribution is -2.39. The van der Waals surface area contributed by atoms with Crippen LogP contribution in [-0.2, 0) is 0 Å². The molecule has 1 unspecified atom stereocenters. The Balaban J connectivity index is 2.09. The van der Waals surface area contributed by atoms with Crippen LogP contribution in [0.15, 0.2) is 12.2 Å². The standard InChI is InChI=1S/C15H24O2/c1-9-13(17)6-12-11-5-4-10(7-16)15(9,12)8-14(11,2)3/h10-13,16-17H,1,4-8H2,2-3H3/t10-,11-,12+,13+,15?/m0/s1. The molecule has 2 N–H and O–H groups in total. The van der Waals surface area contributed by atoms with Crippen LogP contribution in [0.5, 0.6) is 0 Å². The van der Waals surface area contributed by atoms with Crippen molar-refractivity contribution in [2.24, 2.45) is 28.6 Å². The summed E-state index contributed by atoms with van der Waals surface area (Å²) in [6, 6.07) is 0. The monoisotopic (exact) mass is 236 g/mol. The van der Waals surface area contributed by atoms with E-state index in [1.165, 1.54) is 6.42 Å². The van der Waals surface area contributed by atoms with Crippen molar-refractivity contribution in [1.82, 2.24) is 0 Å². The fourth-order valence-corrected chi connectivity index (χ4v) is 5.53. The minimum Gasteiger partial charge on any atom is -0.396 e. The third-order valence-electron chi connectivity index (χ3n) is 6.15. The van der Waals surface area contributed by atoms with Crippen molar-refractivity contribution in [3.05, 3.63) is 12.2 Å². The number of rotatable bonds is 1. The number of hydrogen-bond donors (Lipinski definition) is 2. The second-order valence-corrected chi connectivity index (χ2v) is 7.15. The van der Waals surface area contributed by atoms with Crippen LogP contribution in [0.3, 0.4) is 0 Å². The summed E-state index contributed by atoms with van der Waals surface area (Å²) in [5.41, 5.74) is 1.41. The molecule has 2 heteroatoms. The molecule has 0 saturated heterocycles. The normalized spacial score (nSPS) is 51.6. The lowest BCUT2D eigenvalue weighted by atomic mass is 9.61. The number of aliphatic hydroxyl groups excluding tert-OH is 2. The highest BCUT2D eigenvalue weighted by atomic mass is 16.3. The first-order valence-electron chi connectivity index (χ1n) is 6.91. The largest absolute Gasteiger partial charge is 0.396 e. The maximum atomic E-state index is 10.1. The fraction of sp³-hybridized carbons (Fsp3) is 0.867. The minimum absolute atomic E-state index is 0.0422. The zero-order valence-electron chi connectivity index (χ0n) is 10.9. The van der Waals surface area contributed by atoms with Crippen molar-refractivity contribution >= 4 is 0 Å². The molecule has 3 fully saturated rings. The summed E-state index contributed by atoms with van der Waals surface area (Å²) in [4.78, 5) is 0. The van der Waals surface area contributed by atoms with Crippen molar-refractivity contribution in [2.45, 2.75) is 45.6 Å². The van der Waals surface area contributed by atoms with E-state index in [1.807, 2.05) is 0 Å². The van der Waals surface area contributed by atoms with Crippen LogP contribution < -0.4 is 0 Å². The average molecular weight is 236 g/mol. The molecule has 3 aliphatic rings. The van der Waals surface area contributed by atoms with Crippen LogP contribution >= 0.6 is 0 Å². The van der Waals surface area contributed by atoms with Crippen LogP contribution in [0.1, 0.15) is 39.5 Å². The van der Waals surface area contributed by atoms with Crippen molar-refractivity contribution in [3.63, 3.8) is 0 Å². The molecule has 2 bridgehead atoms. The second-order valence-electron chi connectivity index (χ2n) is 7.15. The lowest BCUT2D eigenvalue weighted by Gasteiger charge is -2.43. The first kappa shape index (κ1) is 11.7. The first-order valence-corrected chi connectivity index (χ1v) is 6.91. The van der Waals surface area contributed by atoms with Crippen LogP contribution in [-0.4, -0.2) is 22.9 Å². The molecule has 17 heavy (non-hydrogen) atoms. The summed E-state index contributed by atoms with van der Waals surface area (Å²) >= 11 is 0. The average Bonchev–Trinajstić information content (AvgIpc) is 2.58. The molecule has 0 aromatic heterocycles. The van der Waals surface area contributed by atoms with Crippen molar-refractivity contribution in [3.8, 4) is 0 Å². The quantitative estimate of drug-likeness (QED) is 0.686. The molecule has 96 valence electrons. The minimum atomic E-state index is -0.328. The Hall–Kier alpha value is -0.340. The summed E-state index contributed by atoms with van der Waals surface area (Å²) in [5.74, 6) is 1.60. The Bertz CT molecular complexity index is 360. The molecule has 3 rings (SSSR count). The molecular formula is C15H24O2. The maximum Gasteiger partial charge on any atom is 0.0756 e. The molecule has 0 amide bonds. The van der Waals surface area contributed by atoms with Gasteiger partial charge in [0.2, 0.25) is 0 Å². The summed E-state index contributed by atoms with van der Waals surface area (Å²) in [6.45, 7) is 9.16. The van der Waals surface area contributed by atoms with Crippen molar-refractivity contribution < 1.29 is 10.2 Å². The van der Waals surface area contributed by atoms with Gasteiger partial charge in [-0.2, -0.15) is 0 Å². The zero-order valence-corrected chi connectivity index (χ0v) is 10.9. The number of hydrogen-bond acceptors (Lipinski definition) is 2. The predicted octanol–water partition coefficient (Wildman–Crippen LogP) is 2.36. The van der Waals surface area contributed by atoms with Crippen molar-refractivity contribution in [2.75, 3.05) is 6.61 Å². The highest BCUT2D eigenvalue weighted by Gasteiger charge is 2.66. The van der Waals surface area contributed by atoms with E-state index in [0.717, 1.165) is 24.8 Å². The molecular weight excluding hydrogens is 212 g/mol. The molecule has 0 aromatic carbocycles. The van der Waals surface area contributed by atoms with Gasteiger partial charge in [0, 0.05) is 12.0 Å². The first-order chi connectivity index (χ1) is 7.93. The van der Waals surface area contributed by atoms with Gasteiger partial charge in [-0.3, -0.25) is 0 Å². The van der Waals surface area contributed by atoms with Gasteiger partial charge in [-0.25, -0.2) is 0 Å². The Morgan fingerprint density at radius 1 is 1.29 bits per heavy atom. The molecule has 5 atom stereocenters. The van der Waals surface area contributed by atoms with Gasteiger partial charge in [0.25, 0.3) is 0 Å². The van der Waals surface area contributed by atoms with Crippen molar-refractivity contribution in [1.29, 1.82) is 0 Å². The van der Waals surface area contributed by atoms with Gasteiger partial charge in [-0.1, -0.05) is 20.4 Å². The molecule has 0 spiro atoms. The van der Waals surface area contributed by atoms with Gasteiger partial charge in [0.05, 0.1) is 6.10 Å². The second kappa shape index (κ2) is 3.36. The van der Waals surface area contributed by atoms with E-state index >= 15 is 0 Å². The molecule has 0 aliphatic heterocycles. The molecule has 3 aliphatic carbocycles. The predicted molar refractivity (Wildman–Crippen MR) is 67.4 cm³/mol. The highest BCUT2D eigenvalue weighted by molar-refractivity contribution is 5.31. The third kappa shape index (κ3) is 1.23. The van der Waals surface area contributed by atoms with E-state index in [0.29, 0.717) is 23.2 Å². The summed E-state index contributed by atoms with van der Waals surface area (Å²) in [5, 5.41) is 19.9. The highest BCUT2D eigenvalue weighted by Crippen LogP contribution is 2.72. The van der Waals surface area contributed by atoms with Gasteiger partial charge >= 0.3 is 0 Å². The molecule has 0 radical (unpaired) electrons. The third-order valence-corrected chi connectivity index (χ3v) is 6.15. The van der Waals surface area contributed by atoms with Crippen LogP contribution in [0, 0.1) is 28.6 Å². The summed E-state index contributed by atoms with van der Waals surface area (Å²) < 4.78 is 0. The lowest BCUT2D eigenvalue weighted by molar-refractivity contribution is 0.0448. The fourth-order valence-electron chi connectivity index (χ4n) is 5.53. The smallest absolute Gasteiger partial charge is 0.0756 e. The summed E-state index contributed by atoms with van der Waals surface area (Å²) in [6.07, 6.45) is 3.97. The van der Waals surface area contributed by atoms with Gasteiger partial charge < -0.3 is 10.2 Å². The van der Waals surface area contributed by atoms with Crippen LogP contribution in [0.2, 0.25) is 0 Å². The maximum absolute atomic E-state index is 10.1. The van der Waals surface area contributed by atoms with E-state index in [2.05, 4.69) is 20.4 Å². The van der Waals surface area contributed by atoms with E-state index in [-0.39, 0.29) is 18.1 Å². The Morgan fingerprint density at radius 3 is 2.65 bits per heavy atom. The van der Waals surface area contributed by atoms with E-state index in [4.69, 9.17) is 0 Å². The Labute approximate surface area is 104 Å². The number of aliphatic hydroxyl groups is 2. The van der Waals surface area contributed by atoms with E-state index in [9.17, 15) is 10.2 Å². The Morgan fingerprint density at radius 2 is 2.00 bits per heavy atom. The van der Waals surface area contributed by atoms with E-state index < -0.39 is 0 Å². The Kier molecular flexibility index (Phi) is 2.32. The zero-order chi connectivity index (χ0) is 12.4. The van der Waals surface area contributed by atoms with Gasteiger partial charge in [0.1, 0.15) is 0 Å². The SMILES string of the molecule is C=C1[C@H](O)C[C@@H]2[C@@H]3CC[C@@H](CO)C12CC3(C)C. The topological polar surface area (TPSA) is 40.5 Å². The summed E-state index contributed by atoms with van der Waals surface area (Å²) in [7, 11) is 0. The van der Waals surface area contributed by atoms with Gasteiger partial charge in [-0.05, 0) is 54.4 Å². The van der Waals surface area contributed by atoms with Gasteiger partial charge in [0.15, 0.2) is 0 Å². The van der Waals surface area contributed by atoms with Crippen LogP contribution in [0.4, 0.5) is 0 Å². The molecule has 0 heterocycles. The van der Waals surface area contributed by atoms with Gasteiger partial charge in [-0.15, -0.1) is 0 Å². The van der Waals surface area contributed by atoms with Crippen LogP contribution in [0.25, 0.3) is 0 Å². The molecule has 0 aromatic rings.